The summed E-state index contributed by atoms with van der Waals surface area (Å²) in [6.07, 6.45) is -2.63. The number of esters is 1. The van der Waals surface area contributed by atoms with Crippen LogP contribution in [0.5, 0.6) is 5.88 Å². The van der Waals surface area contributed by atoms with Crippen LogP contribution in [0.1, 0.15) is 54.9 Å². The Balaban J connectivity index is 1.79. The van der Waals surface area contributed by atoms with Gasteiger partial charge in [0.05, 0.1) is 24.4 Å². The van der Waals surface area contributed by atoms with Gasteiger partial charge in [0.1, 0.15) is 23.6 Å². The van der Waals surface area contributed by atoms with Crippen LogP contribution in [-0.2, 0) is 22.1 Å². The van der Waals surface area contributed by atoms with Crippen LogP contribution in [0.4, 0.5) is 22.4 Å². The Morgan fingerprint density at radius 2 is 1.85 bits per heavy atom. The van der Waals surface area contributed by atoms with Gasteiger partial charge in [-0.2, -0.15) is 13.2 Å². The summed E-state index contributed by atoms with van der Waals surface area (Å²) >= 11 is 0. The number of hydrogen-bond acceptors (Lipinski definition) is 7. The number of hydrogen-bond donors (Lipinski definition) is 1. The summed E-state index contributed by atoms with van der Waals surface area (Å²) in [6, 6.07) is 5.40. The van der Waals surface area contributed by atoms with Crippen LogP contribution in [-0.4, -0.2) is 52.2 Å². The summed E-state index contributed by atoms with van der Waals surface area (Å²) in [5, 5.41) is 6.81. The summed E-state index contributed by atoms with van der Waals surface area (Å²) in [5.74, 6) is -1.75. The quantitative estimate of drug-likeness (QED) is 0.224. The molecule has 1 aromatic carbocycles. The molecule has 0 spiro atoms. The number of carbonyl (C=O) groups is 2. The fraction of sp³-hybridized carbons (Fsp3) is 0.385. The molecule has 1 amide bonds. The van der Waals surface area contributed by atoms with Crippen molar-refractivity contribution in [3.05, 3.63) is 70.9 Å². The monoisotopic (exact) mass is 552 g/mol. The number of alkyl carbamates (subject to hydrolysis) is 1. The van der Waals surface area contributed by atoms with Crippen LogP contribution in [0.3, 0.4) is 0 Å². The van der Waals surface area contributed by atoms with Gasteiger partial charge in [-0.15, -0.1) is 5.10 Å². The zero-order chi connectivity index (χ0) is 28.8. The first-order valence-corrected chi connectivity index (χ1v) is 11.9. The van der Waals surface area contributed by atoms with Crippen molar-refractivity contribution in [2.24, 2.45) is 0 Å². The third-order valence-corrected chi connectivity index (χ3v) is 4.92. The molecule has 2 heterocycles. The van der Waals surface area contributed by atoms with Gasteiger partial charge in [0.25, 0.3) is 0 Å². The number of benzene rings is 1. The Bertz CT molecular complexity index is 1320. The van der Waals surface area contributed by atoms with Gasteiger partial charge in [-0.3, -0.25) is 4.98 Å². The Kier molecular flexibility index (Phi) is 9.15. The van der Waals surface area contributed by atoms with E-state index in [2.05, 4.69) is 15.4 Å². The lowest BCUT2D eigenvalue weighted by molar-refractivity contribution is -0.137. The smallest absolute Gasteiger partial charge is 0.416 e. The van der Waals surface area contributed by atoms with E-state index in [1.165, 1.54) is 23.1 Å². The fourth-order valence-corrected chi connectivity index (χ4v) is 3.39. The molecule has 0 atom stereocenters. The van der Waals surface area contributed by atoms with Crippen LogP contribution < -0.4 is 10.1 Å². The van der Waals surface area contributed by atoms with Crippen LogP contribution >= 0.6 is 0 Å². The van der Waals surface area contributed by atoms with Crippen molar-refractivity contribution in [3.8, 4) is 11.6 Å². The summed E-state index contributed by atoms with van der Waals surface area (Å²) < 4.78 is 70.2. The van der Waals surface area contributed by atoms with E-state index in [0.29, 0.717) is 17.4 Å². The van der Waals surface area contributed by atoms with E-state index < -0.39 is 35.2 Å². The van der Waals surface area contributed by atoms with E-state index in [1.807, 2.05) is 0 Å². The molecule has 0 radical (unpaired) electrons. The van der Waals surface area contributed by atoms with Gasteiger partial charge in [-0.25, -0.2) is 18.7 Å². The Morgan fingerprint density at radius 3 is 2.51 bits per heavy atom. The zero-order valence-electron chi connectivity index (χ0n) is 21.8. The Labute approximate surface area is 222 Å². The van der Waals surface area contributed by atoms with Gasteiger partial charge in [-0.1, -0.05) is 0 Å². The third-order valence-electron chi connectivity index (χ3n) is 4.92. The Morgan fingerprint density at radius 1 is 1.10 bits per heavy atom. The van der Waals surface area contributed by atoms with Crippen LogP contribution in [0.25, 0.3) is 5.69 Å². The molecular formula is C26H28F4N4O5. The van der Waals surface area contributed by atoms with E-state index in [9.17, 15) is 27.2 Å². The number of alkyl halides is 3. The van der Waals surface area contributed by atoms with Crippen molar-refractivity contribution in [2.45, 2.75) is 45.9 Å². The molecule has 0 aliphatic carbocycles. The molecule has 0 bridgehead atoms. The fourth-order valence-electron chi connectivity index (χ4n) is 3.39. The van der Waals surface area contributed by atoms with E-state index in [0.717, 1.165) is 12.1 Å². The van der Waals surface area contributed by atoms with Gasteiger partial charge in [-0.05, 0) is 63.6 Å². The number of aromatic nitrogens is 3. The summed E-state index contributed by atoms with van der Waals surface area (Å²) in [6.45, 7) is 6.95. The molecule has 9 nitrogen and oxygen atoms in total. The van der Waals surface area contributed by atoms with Crippen molar-refractivity contribution >= 4 is 12.1 Å². The highest BCUT2D eigenvalue weighted by Gasteiger charge is 2.31. The lowest BCUT2D eigenvalue weighted by atomic mass is 10.0. The molecule has 0 fully saturated rings. The second-order valence-electron chi connectivity index (χ2n) is 9.32. The number of pyridine rings is 1. The number of carbonyl (C=O) groups excluding carboxylic acids is 2. The van der Waals surface area contributed by atoms with E-state index in [1.54, 1.807) is 33.8 Å². The van der Waals surface area contributed by atoms with Crippen LogP contribution in [0.2, 0.25) is 0 Å². The molecule has 3 aromatic rings. The third kappa shape index (κ3) is 8.69. The molecule has 0 saturated carbocycles. The first kappa shape index (κ1) is 29.4. The van der Waals surface area contributed by atoms with Gasteiger partial charge < -0.3 is 19.5 Å². The molecule has 0 saturated heterocycles. The van der Waals surface area contributed by atoms with E-state index in [-0.39, 0.29) is 43.2 Å². The maximum absolute atomic E-state index is 13.8. The number of rotatable bonds is 9. The minimum atomic E-state index is -4.69. The van der Waals surface area contributed by atoms with E-state index >= 15 is 0 Å². The van der Waals surface area contributed by atoms with Crippen molar-refractivity contribution in [2.75, 3.05) is 19.8 Å². The SMILES string of the molecule is CCOC(=O)c1cn(-c2ccnc(Cc3cc(F)cc(C(F)(F)F)c3)c2)nc1OCCNC(=O)OC(C)(C)C. The topological polar surface area (TPSA) is 105 Å². The molecular weight excluding hydrogens is 524 g/mol. The molecule has 2 aromatic heterocycles. The first-order valence-electron chi connectivity index (χ1n) is 11.9. The lowest BCUT2D eigenvalue weighted by Crippen LogP contribution is -2.34. The second kappa shape index (κ2) is 12.1. The average molecular weight is 553 g/mol. The van der Waals surface area contributed by atoms with Gasteiger partial charge in [0, 0.05) is 24.5 Å². The van der Waals surface area contributed by atoms with Crippen LogP contribution in [0, 0.1) is 5.82 Å². The molecule has 210 valence electrons. The predicted octanol–water partition coefficient (Wildman–Crippen LogP) is 5.10. The van der Waals surface area contributed by atoms with Gasteiger partial charge >= 0.3 is 18.2 Å². The van der Waals surface area contributed by atoms with Gasteiger partial charge in [0.15, 0.2) is 0 Å². The minimum Gasteiger partial charge on any atom is -0.474 e. The molecule has 39 heavy (non-hydrogen) atoms. The highest BCUT2D eigenvalue weighted by Crippen LogP contribution is 2.31. The number of halogens is 4. The summed E-state index contributed by atoms with van der Waals surface area (Å²) in [4.78, 5) is 28.4. The second-order valence-corrected chi connectivity index (χ2v) is 9.32. The average Bonchev–Trinajstić information content (AvgIpc) is 3.25. The van der Waals surface area contributed by atoms with Crippen molar-refractivity contribution in [3.63, 3.8) is 0 Å². The standard InChI is InChI=1S/C26H28F4N4O5/c1-5-37-23(35)21-15-34(33-22(21)38-9-8-32-24(36)39-25(2,3)4)20-6-7-31-19(14-20)12-16-10-17(26(28,29)30)13-18(27)11-16/h6-7,10-11,13-15H,5,8-9,12H2,1-4H3,(H,32,36). The molecule has 1 N–H and O–H groups in total. The number of nitrogens with zero attached hydrogens (tertiary/aromatic N) is 3. The Hall–Kier alpha value is -4.16. The predicted molar refractivity (Wildman–Crippen MR) is 131 cm³/mol. The normalized spacial score (nSPS) is 11.7. The summed E-state index contributed by atoms with van der Waals surface area (Å²) in [7, 11) is 0. The van der Waals surface area contributed by atoms with Crippen LogP contribution in [0.15, 0.2) is 42.7 Å². The maximum Gasteiger partial charge on any atom is 0.416 e. The van der Waals surface area contributed by atoms with Crippen molar-refractivity contribution in [1.82, 2.24) is 20.1 Å². The van der Waals surface area contributed by atoms with Crippen molar-refractivity contribution in [1.29, 1.82) is 0 Å². The van der Waals surface area contributed by atoms with E-state index in [4.69, 9.17) is 14.2 Å². The highest BCUT2D eigenvalue weighted by molar-refractivity contribution is 5.91. The molecule has 0 aliphatic rings. The molecule has 0 aliphatic heterocycles. The molecule has 3 rings (SSSR count). The first-order chi connectivity index (χ1) is 18.2. The number of nitrogens with one attached hydrogen (secondary N) is 1. The maximum atomic E-state index is 13.8. The molecule has 13 heteroatoms. The lowest BCUT2D eigenvalue weighted by Gasteiger charge is -2.19. The zero-order valence-corrected chi connectivity index (χ0v) is 21.8. The molecule has 0 unspecified atom stereocenters. The van der Waals surface area contributed by atoms with Crippen molar-refractivity contribution < 1.29 is 41.4 Å². The minimum absolute atomic E-state index is 0.0208. The largest absolute Gasteiger partial charge is 0.474 e. The highest BCUT2D eigenvalue weighted by atomic mass is 19.4. The summed E-state index contributed by atoms with van der Waals surface area (Å²) in [5.41, 5.74) is -0.904. The number of ether oxygens (including phenoxy) is 3. The van der Waals surface area contributed by atoms with Gasteiger partial charge in [0.2, 0.25) is 5.88 Å². The number of amides is 1.